The number of imide groups is 1. The Balaban J connectivity index is 2.22. The number of benzene rings is 3. The molecule has 1 aliphatic heterocycles. The minimum atomic E-state index is -0.673. The van der Waals surface area contributed by atoms with Gasteiger partial charge < -0.3 is 10.2 Å². The molecule has 0 fully saturated rings. The lowest BCUT2D eigenvalue weighted by Crippen LogP contribution is -2.34. The van der Waals surface area contributed by atoms with Crippen molar-refractivity contribution in [3.8, 4) is 22.6 Å². The maximum Gasteiger partial charge on any atom is 0.262 e. The Labute approximate surface area is 130 Å². The third-order valence-electron chi connectivity index (χ3n) is 4.04. The van der Waals surface area contributed by atoms with E-state index >= 15 is 0 Å². The Bertz CT molecular complexity index is 993. The van der Waals surface area contributed by atoms with E-state index in [-0.39, 0.29) is 33.6 Å². The third kappa shape index (κ3) is 1.73. The van der Waals surface area contributed by atoms with E-state index in [4.69, 9.17) is 0 Å². The Morgan fingerprint density at radius 1 is 0.739 bits per heavy atom. The zero-order valence-electron chi connectivity index (χ0n) is 11.8. The summed E-state index contributed by atoms with van der Waals surface area (Å²) in [6.07, 6.45) is 0. The zero-order chi connectivity index (χ0) is 16.1. The molecule has 0 spiro atoms. The first kappa shape index (κ1) is 13.3. The maximum atomic E-state index is 12.2. The Kier molecular flexibility index (Phi) is 2.65. The zero-order valence-corrected chi connectivity index (χ0v) is 11.8. The predicted molar refractivity (Wildman–Crippen MR) is 84.5 cm³/mol. The molecule has 1 aliphatic rings. The van der Waals surface area contributed by atoms with E-state index in [0.29, 0.717) is 10.9 Å². The van der Waals surface area contributed by atoms with Crippen LogP contribution < -0.4 is 5.32 Å². The van der Waals surface area contributed by atoms with Gasteiger partial charge in [-0.3, -0.25) is 14.9 Å². The lowest BCUT2D eigenvalue weighted by Gasteiger charge is -2.21. The lowest BCUT2D eigenvalue weighted by molar-refractivity contribution is 0.0843. The average Bonchev–Trinajstić information content (AvgIpc) is 2.55. The third-order valence-corrected chi connectivity index (χ3v) is 4.04. The monoisotopic (exact) mass is 305 g/mol. The second-order valence-electron chi connectivity index (χ2n) is 5.32. The van der Waals surface area contributed by atoms with Crippen LogP contribution in [-0.4, -0.2) is 22.0 Å². The highest BCUT2D eigenvalue weighted by Crippen LogP contribution is 2.47. The van der Waals surface area contributed by atoms with Gasteiger partial charge >= 0.3 is 0 Å². The fraction of sp³-hybridized carbons (Fsp3) is 0. The summed E-state index contributed by atoms with van der Waals surface area (Å²) in [5.41, 5.74) is 1.01. The van der Waals surface area contributed by atoms with E-state index in [1.807, 2.05) is 6.07 Å². The number of aromatic hydroxyl groups is 2. The van der Waals surface area contributed by atoms with Crippen LogP contribution in [0.4, 0.5) is 0 Å². The van der Waals surface area contributed by atoms with Crippen molar-refractivity contribution in [2.45, 2.75) is 0 Å². The van der Waals surface area contributed by atoms with Gasteiger partial charge in [0, 0.05) is 16.3 Å². The van der Waals surface area contributed by atoms with Gasteiger partial charge in [0.2, 0.25) is 0 Å². The summed E-state index contributed by atoms with van der Waals surface area (Å²) in [4.78, 5) is 24.2. The van der Waals surface area contributed by atoms with Crippen molar-refractivity contribution in [2.24, 2.45) is 0 Å². The standard InChI is InChI=1S/C18H11NO4/c20-15-10-7-4-8-11-13(10)14(18(23)19-17(11)22)16(21)12(15)9-5-2-1-3-6-9/h1-8,20-21H,(H,19,22,23). The van der Waals surface area contributed by atoms with Gasteiger partial charge in [0.05, 0.1) is 11.1 Å². The van der Waals surface area contributed by atoms with Crippen LogP contribution in [0.3, 0.4) is 0 Å². The highest BCUT2D eigenvalue weighted by Gasteiger charge is 2.31. The molecule has 0 aliphatic carbocycles. The highest BCUT2D eigenvalue weighted by molar-refractivity contribution is 6.28. The van der Waals surface area contributed by atoms with E-state index in [2.05, 4.69) is 5.32 Å². The quantitative estimate of drug-likeness (QED) is 0.603. The number of phenols is 2. The first-order chi connectivity index (χ1) is 11.1. The normalized spacial score (nSPS) is 13.2. The van der Waals surface area contributed by atoms with Crippen LogP contribution in [0.5, 0.6) is 11.5 Å². The first-order valence-electron chi connectivity index (χ1n) is 7.01. The number of rotatable bonds is 1. The van der Waals surface area contributed by atoms with Gasteiger partial charge in [-0.25, -0.2) is 0 Å². The molecule has 3 aromatic carbocycles. The minimum absolute atomic E-state index is 0.00635. The molecule has 1 heterocycles. The van der Waals surface area contributed by atoms with Crippen molar-refractivity contribution in [1.29, 1.82) is 0 Å². The molecule has 5 heteroatoms. The molecular formula is C18H11NO4. The van der Waals surface area contributed by atoms with Gasteiger partial charge in [0.25, 0.3) is 11.8 Å². The van der Waals surface area contributed by atoms with Crippen molar-refractivity contribution in [1.82, 2.24) is 5.32 Å². The molecule has 23 heavy (non-hydrogen) atoms. The van der Waals surface area contributed by atoms with Crippen LogP contribution in [-0.2, 0) is 0 Å². The van der Waals surface area contributed by atoms with Crippen molar-refractivity contribution in [3.05, 3.63) is 59.7 Å². The molecule has 112 valence electrons. The molecule has 2 amide bonds. The molecule has 0 radical (unpaired) electrons. The molecular weight excluding hydrogens is 294 g/mol. The summed E-state index contributed by atoms with van der Waals surface area (Å²) < 4.78 is 0. The van der Waals surface area contributed by atoms with Crippen LogP contribution in [0.25, 0.3) is 21.9 Å². The highest BCUT2D eigenvalue weighted by atomic mass is 16.3. The minimum Gasteiger partial charge on any atom is -0.507 e. The maximum absolute atomic E-state index is 12.2. The molecule has 0 atom stereocenters. The van der Waals surface area contributed by atoms with Gasteiger partial charge in [-0.05, 0) is 11.6 Å². The number of nitrogens with one attached hydrogen (secondary N) is 1. The number of amides is 2. The number of hydrogen-bond donors (Lipinski definition) is 3. The molecule has 0 saturated heterocycles. The molecule has 0 aromatic heterocycles. The number of carbonyl (C=O) groups excluding carboxylic acids is 2. The van der Waals surface area contributed by atoms with Gasteiger partial charge in [-0.2, -0.15) is 0 Å². The fourth-order valence-electron chi connectivity index (χ4n) is 3.03. The second kappa shape index (κ2) is 4.58. The summed E-state index contributed by atoms with van der Waals surface area (Å²) in [5, 5.41) is 24.1. The smallest absolute Gasteiger partial charge is 0.262 e. The summed E-state index contributed by atoms with van der Waals surface area (Å²) in [5.74, 6) is -1.71. The van der Waals surface area contributed by atoms with Crippen molar-refractivity contribution < 1.29 is 19.8 Å². The SMILES string of the molecule is O=C1NC(=O)c2c(O)c(-c3ccccc3)c(O)c3cccc1c23. The van der Waals surface area contributed by atoms with Gasteiger partial charge in [0.15, 0.2) is 0 Å². The van der Waals surface area contributed by atoms with Crippen LogP contribution >= 0.6 is 0 Å². The van der Waals surface area contributed by atoms with Crippen molar-refractivity contribution in [2.75, 3.05) is 0 Å². The fourth-order valence-corrected chi connectivity index (χ4v) is 3.03. The van der Waals surface area contributed by atoms with E-state index in [9.17, 15) is 19.8 Å². The van der Waals surface area contributed by atoms with E-state index in [1.165, 1.54) is 0 Å². The largest absolute Gasteiger partial charge is 0.507 e. The first-order valence-corrected chi connectivity index (χ1v) is 7.01. The summed E-state index contributed by atoms with van der Waals surface area (Å²) in [6.45, 7) is 0. The number of carbonyl (C=O) groups is 2. The van der Waals surface area contributed by atoms with E-state index < -0.39 is 11.8 Å². The topological polar surface area (TPSA) is 86.6 Å². The average molecular weight is 305 g/mol. The molecule has 5 nitrogen and oxygen atoms in total. The summed E-state index contributed by atoms with van der Waals surface area (Å²) >= 11 is 0. The Hall–Kier alpha value is -3.34. The van der Waals surface area contributed by atoms with Gasteiger partial charge in [-0.1, -0.05) is 42.5 Å². The van der Waals surface area contributed by atoms with E-state index in [1.54, 1.807) is 42.5 Å². The van der Waals surface area contributed by atoms with Crippen LogP contribution in [0.2, 0.25) is 0 Å². The van der Waals surface area contributed by atoms with Crippen molar-refractivity contribution >= 4 is 22.6 Å². The molecule has 0 bridgehead atoms. The Morgan fingerprint density at radius 3 is 2.22 bits per heavy atom. The predicted octanol–water partition coefficient (Wildman–Crippen LogP) is 2.80. The number of hydrogen-bond acceptors (Lipinski definition) is 4. The molecule has 0 unspecified atom stereocenters. The summed E-state index contributed by atoms with van der Waals surface area (Å²) in [7, 11) is 0. The van der Waals surface area contributed by atoms with Crippen LogP contribution in [0.15, 0.2) is 48.5 Å². The van der Waals surface area contributed by atoms with Crippen molar-refractivity contribution in [3.63, 3.8) is 0 Å². The lowest BCUT2D eigenvalue weighted by atomic mass is 9.89. The molecule has 3 aromatic rings. The summed E-state index contributed by atoms with van der Waals surface area (Å²) in [6, 6.07) is 13.6. The second-order valence-corrected chi connectivity index (χ2v) is 5.32. The molecule has 4 rings (SSSR count). The Morgan fingerprint density at radius 2 is 1.48 bits per heavy atom. The van der Waals surface area contributed by atoms with E-state index in [0.717, 1.165) is 0 Å². The van der Waals surface area contributed by atoms with Gasteiger partial charge in [0.1, 0.15) is 11.5 Å². The van der Waals surface area contributed by atoms with Crippen LogP contribution in [0.1, 0.15) is 20.7 Å². The molecule has 0 saturated carbocycles. The number of phenolic OH excluding ortho intramolecular Hbond substituents is 2. The molecule has 3 N–H and O–H groups in total. The van der Waals surface area contributed by atoms with Crippen LogP contribution in [0, 0.1) is 0 Å². The van der Waals surface area contributed by atoms with Gasteiger partial charge in [-0.15, -0.1) is 0 Å².